The van der Waals surface area contributed by atoms with Crippen molar-refractivity contribution in [3.8, 4) is 0 Å². The van der Waals surface area contributed by atoms with Crippen LogP contribution < -0.4 is 5.32 Å². The number of nitrogens with zero attached hydrogens (tertiary/aromatic N) is 4. The van der Waals surface area contributed by atoms with Gasteiger partial charge < -0.3 is 10.4 Å². The number of aryl methyl sites for hydroxylation is 1. The lowest BCUT2D eigenvalue weighted by molar-refractivity contribution is 0.282. The first-order valence-corrected chi connectivity index (χ1v) is 7.28. The third kappa shape index (κ3) is 2.78. The van der Waals surface area contributed by atoms with E-state index in [1.54, 1.807) is 4.52 Å². The van der Waals surface area contributed by atoms with Gasteiger partial charge in [-0.2, -0.15) is 14.6 Å². The maximum absolute atomic E-state index is 9.06. The Bertz CT molecular complexity index is 779. The first kappa shape index (κ1) is 14.5. The Balaban J connectivity index is 1.73. The average Bonchev–Trinajstić information content (AvgIpc) is 2.99. The minimum absolute atomic E-state index is 0.0816. The van der Waals surface area contributed by atoms with Crippen LogP contribution in [0.1, 0.15) is 22.4 Å². The highest BCUT2D eigenvalue weighted by molar-refractivity contribution is 5.51. The number of hydrogen-bond donors (Lipinski definition) is 2. The Hall–Kier alpha value is -2.47. The molecule has 22 heavy (non-hydrogen) atoms. The van der Waals surface area contributed by atoms with E-state index < -0.39 is 0 Å². The largest absolute Gasteiger partial charge is 0.392 e. The van der Waals surface area contributed by atoms with E-state index in [0.717, 1.165) is 35.6 Å². The third-order valence-corrected chi connectivity index (χ3v) is 3.82. The standard InChI is InChI=1S/C16H19N5O/c1-11-12(2)20-16-18-10-19-21(16)15(11)17-8-7-13-3-5-14(9-22)6-4-13/h3-6,10,17,22H,7-9H2,1-2H3. The highest BCUT2D eigenvalue weighted by Gasteiger charge is 2.10. The zero-order valence-corrected chi connectivity index (χ0v) is 12.7. The van der Waals surface area contributed by atoms with Crippen molar-refractivity contribution in [2.75, 3.05) is 11.9 Å². The molecule has 0 aliphatic heterocycles. The molecule has 6 nitrogen and oxygen atoms in total. The van der Waals surface area contributed by atoms with Gasteiger partial charge in [-0.15, -0.1) is 0 Å². The summed E-state index contributed by atoms with van der Waals surface area (Å²) >= 11 is 0. The molecule has 3 aromatic rings. The van der Waals surface area contributed by atoms with E-state index in [1.807, 2.05) is 38.1 Å². The van der Waals surface area contributed by atoms with Crippen molar-refractivity contribution in [2.24, 2.45) is 0 Å². The van der Waals surface area contributed by atoms with Gasteiger partial charge in [0.2, 0.25) is 0 Å². The van der Waals surface area contributed by atoms with E-state index in [-0.39, 0.29) is 6.61 Å². The Labute approximate surface area is 128 Å². The van der Waals surface area contributed by atoms with Crippen molar-refractivity contribution < 1.29 is 5.11 Å². The lowest BCUT2D eigenvalue weighted by Crippen LogP contribution is -2.12. The Morgan fingerprint density at radius 1 is 1.14 bits per heavy atom. The van der Waals surface area contributed by atoms with Crippen molar-refractivity contribution in [1.29, 1.82) is 0 Å². The second-order valence-corrected chi connectivity index (χ2v) is 5.29. The summed E-state index contributed by atoms with van der Waals surface area (Å²) in [5.41, 5.74) is 4.19. The molecule has 0 aliphatic rings. The zero-order chi connectivity index (χ0) is 15.5. The topological polar surface area (TPSA) is 75.3 Å². The first-order chi connectivity index (χ1) is 10.7. The minimum Gasteiger partial charge on any atom is -0.392 e. The fraction of sp³-hybridized carbons (Fsp3) is 0.312. The van der Waals surface area contributed by atoms with Gasteiger partial charge in [0, 0.05) is 17.8 Å². The molecule has 1 aromatic carbocycles. The number of hydrogen-bond acceptors (Lipinski definition) is 5. The van der Waals surface area contributed by atoms with Gasteiger partial charge in [-0.1, -0.05) is 24.3 Å². The number of rotatable bonds is 5. The van der Waals surface area contributed by atoms with Crippen LogP contribution in [0.2, 0.25) is 0 Å². The summed E-state index contributed by atoms with van der Waals surface area (Å²) in [4.78, 5) is 8.55. The second-order valence-electron chi connectivity index (χ2n) is 5.29. The number of aliphatic hydroxyl groups is 1. The van der Waals surface area contributed by atoms with Gasteiger partial charge in [-0.3, -0.25) is 0 Å². The van der Waals surface area contributed by atoms with Gasteiger partial charge in [0.05, 0.1) is 6.61 Å². The SMILES string of the molecule is Cc1nc2ncnn2c(NCCc2ccc(CO)cc2)c1C. The molecule has 0 radical (unpaired) electrons. The van der Waals surface area contributed by atoms with Crippen LogP contribution in [-0.2, 0) is 13.0 Å². The molecule has 2 N–H and O–H groups in total. The van der Waals surface area contributed by atoms with Crippen LogP contribution in [0.15, 0.2) is 30.6 Å². The lowest BCUT2D eigenvalue weighted by atomic mass is 10.1. The quantitative estimate of drug-likeness (QED) is 0.752. The Morgan fingerprint density at radius 3 is 2.59 bits per heavy atom. The molecule has 114 valence electrons. The number of fused-ring (bicyclic) bond motifs is 1. The van der Waals surface area contributed by atoms with Gasteiger partial charge in [-0.25, -0.2) is 4.98 Å². The summed E-state index contributed by atoms with van der Waals surface area (Å²) in [5, 5.41) is 16.7. The van der Waals surface area contributed by atoms with Crippen LogP contribution in [0.25, 0.3) is 5.78 Å². The van der Waals surface area contributed by atoms with Crippen molar-refractivity contribution in [2.45, 2.75) is 26.9 Å². The molecular weight excluding hydrogens is 278 g/mol. The molecule has 0 fully saturated rings. The van der Waals surface area contributed by atoms with Crippen molar-refractivity contribution in [1.82, 2.24) is 19.6 Å². The van der Waals surface area contributed by atoms with Gasteiger partial charge in [0.25, 0.3) is 5.78 Å². The lowest BCUT2D eigenvalue weighted by Gasteiger charge is -2.12. The highest BCUT2D eigenvalue weighted by atomic mass is 16.3. The van der Waals surface area contributed by atoms with E-state index in [4.69, 9.17) is 5.11 Å². The first-order valence-electron chi connectivity index (χ1n) is 7.28. The van der Waals surface area contributed by atoms with Gasteiger partial charge in [0.1, 0.15) is 12.1 Å². The maximum atomic E-state index is 9.06. The normalized spacial score (nSPS) is 11.0. The van der Waals surface area contributed by atoms with Crippen molar-refractivity contribution >= 4 is 11.6 Å². The molecule has 0 atom stereocenters. The Kier molecular flexibility index (Phi) is 4.02. The summed E-state index contributed by atoms with van der Waals surface area (Å²) in [6, 6.07) is 7.99. The molecule has 3 rings (SSSR count). The summed E-state index contributed by atoms with van der Waals surface area (Å²) in [6.45, 7) is 4.88. The highest BCUT2D eigenvalue weighted by Crippen LogP contribution is 2.17. The van der Waals surface area contributed by atoms with Crippen LogP contribution in [0, 0.1) is 13.8 Å². The molecule has 0 spiro atoms. The van der Waals surface area contributed by atoms with Crippen LogP contribution in [0.4, 0.5) is 5.82 Å². The number of aliphatic hydroxyl groups excluding tert-OH is 1. The fourth-order valence-corrected chi connectivity index (χ4v) is 2.38. The van der Waals surface area contributed by atoms with Gasteiger partial charge in [0.15, 0.2) is 0 Å². The van der Waals surface area contributed by atoms with E-state index >= 15 is 0 Å². The molecule has 6 heteroatoms. The second kappa shape index (κ2) is 6.11. The summed E-state index contributed by atoms with van der Waals surface area (Å²) < 4.78 is 1.73. The number of aromatic nitrogens is 4. The molecule has 0 saturated carbocycles. The molecule has 0 unspecified atom stereocenters. The Morgan fingerprint density at radius 2 is 1.86 bits per heavy atom. The molecule has 0 aliphatic carbocycles. The van der Waals surface area contributed by atoms with Gasteiger partial charge >= 0.3 is 0 Å². The van der Waals surface area contributed by atoms with Crippen molar-refractivity contribution in [3.63, 3.8) is 0 Å². The van der Waals surface area contributed by atoms with E-state index in [2.05, 4.69) is 20.4 Å². The van der Waals surface area contributed by atoms with E-state index in [9.17, 15) is 0 Å². The maximum Gasteiger partial charge on any atom is 0.254 e. The molecule has 2 aromatic heterocycles. The minimum atomic E-state index is 0.0816. The number of nitrogens with one attached hydrogen (secondary N) is 1. The molecule has 0 saturated heterocycles. The van der Waals surface area contributed by atoms with E-state index in [1.165, 1.54) is 11.9 Å². The van der Waals surface area contributed by atoms with Crippen molar-refractivity contribution in [3.05, 3.63) is 53.0 Å². The molecule has 0 bridgehead atoms. The molecular formula is C16H19N5O. The monoisotopic (exact) mass is 297 g/mol. The summed E-state index contributed by atoms with van der Waals surface area (Å²) in [6.07, 6.45) is 2.41. The number of benzene rings is 1. The predicted octanol–water partition coefficient (Wildman–Crippen LogP) is 1.89. The third-order valence-electron chi connectivity index (χ3n) is 3.82. The summed E-state index contributed by atoms with van der Waals surface area (Å²) in [7, 11) is 0. The predicted molar refractivity (Wildman–Crippen MR) is 84.8 cm³/mol. The van der Waals surface area contributed by atoms with E-state index in [0.29, 0.717) is 5.78 Å². The molecule has 0 amide bonds. The number of anilines is 1. The average molecular weight is 297 g/mol. The molecule has 2 heterocycles. The van der Waals surface area contributed by atoms with Gasteiger partial charge in [-0.05, 0) is 31.4 Å². The van der Waals surface area contributed by atoms with Crippen LogP contribution in [0.3, 0.4) is 0 Å². The van der Waals surface area contributed by atoms with Crippen LogP contribution in [-0.4, -0.2) is 31.2 Å². The smallest absolute Gasteiger partial charge is 0.254 e. The van der Waals surface area contributed by atoms with Crippen LogP contribution >= 0.6 is 0 Å². The summed E-state index contributed by atoms with van der Waals surface area (Å²) in [5.74, 6) is 1.55. The zero-order valence-electron chi connectivity index (χ0n) is 12.7. The fourth-order valence-electron chi connectivity index (χ4n) is 2.38. The van der Waals surface area contributed by atoms with Crippen LogP contribution in [0.5, 0.6) is 0 Å².